The molecule has 0 amide bonds. The van der Waals surface area contributed by atoms with Crippen LogP contribution in [0.15, 0.2) is 59.6 Å². The molecule has 114 valence electrons. The first-order valence-electron chi connectivity index (χ1n) is 7.33. The van der Waals surface area contributed by atoms with Gasteiger partial charge in [-0.2, -0.15) is 5.10 Å². The monoisotopic (exact) mass is 305 g/mol. The first kappa shape index (κ1) is 13.5. The Morgan fingerprint density at radius 3 is 2.78 bits per heavy atom. The molecular weight excluding hydrogens is 290 g/mol. The van der Waals surface area contributed by atoms with Gasteiger partial charge in [-0.15, -0.1) is 0 Å². The fourth-order valence-electron chi connectivity index (χ4n) is 2.44. The predicted molar refractivity (Wildman–Crippen MR) is 87.4 cm³/mol. The molecule has 0 aliphatic carbocycles. The molecule has 0 saturated carbocycles. The van der Waals surface area contributed by atoms with Crippen LogP contribution in [-0.4, -0.2) is 19.7 Å². The number of benzene rings is 1. The third kappa shape index (κ3) is 2.55. The average molecular weight is 305 g/mol. The largest absolute Gasteiger partial charge is 0.467 e. The van der Waals surface area contributed by atoms with Crippen LogP contribution >= 0.6 is 0 Å². The van der Waals surface area contributed by atoms with Gasteiger partial charge in [0.15, 0.2) is 5.65 Å². The molecule has 1 N–H and O–H groups in total. The van der Waals surface area contributed by atoms with E-state index in [-0.39, 0.29) is 0 Å². The molecular formula is C17H15N5O. The van der Waals surface area contributed by atoms with Crippen molar-refractivity contribution in [3.8, 4) is 5.69 Å². The third-order valence-electron chi connectivity index (χ3n) is 3.65. The van der Waals surface area contributed by atoms with Crippen LogP contribution in [0.25, 0.3) is 16.7 Å². The van der Waals surface area contributed by atoms with Crippen molar-refractivity contribution in [1.29, 1.82) is 0 Å². The summed E-state index contributed by atoms with van der Waals surface area (Å²) in [4.78, 5) is 8.68. The van der Waals surface area contributed by atoms with E-state index >= 15 is 0 Å². The SMILES string of the molecule is Cc1ccc(-n2ncc3c(NCc4ccco4)ncnc32)cc1. The summed E-state index contributed by atoms with van der Waals surface area (Å²) in [7, 11) is 0. The topological polar surface area (TPSA) is 68.8 Å². The van der Waals surface area contributed by atoms with E-state index in [2.05, 4.69) is 39.4 Å². The van der Waals surface area contributed by atoms with Crippen molar-refractivity contribution in [1.82, 2.24) is 19.7 Å². The normalized spacial score (nSPS) is 11.0. The molecule has 3 heterocycles. The molecule has 0 aliphatic heterocycles. The molecule has 0 bridgehead atoms. The number of fused-ring (bicyclic) bond motifs is 1. The molecule has 0 saturated heterocycles. The molecule has 0 aliphatic rings. The van der Waals surface area contributed by atoms with Gasteiger partial charge >= 0.3 is 0 Å². The second-order valence-electron chi connectivity index (χ2n) is 5.28. The fourth-order valence-corrected chi connectivity index (χ4v) is 2.44. The Bertz CT molecular complexity index is 925. The smallest absolute Gasteiger partial charge is 0.168 e. The summed E-state index contributed by atoms with van der Waals surface area (Å²) < 4.78 is 7.14. The van der Waals surface area contributed by atoms with Crippen LogP contribution in [0.2, 0.25) is 0 Å². The summed E-state index contributed by atoms with van der Waals surface area (Å²) in [5, 5.41) is 8.59. The highest BCUT2D eigenvalue weighted by Gasteiger charge is 2.11. The van der Waals surface area contributed by atoms with Gasteiger partial charge in [0.25, 0.3) is 0 Å². The van der Waals surface area contributed by atoms with Crippen LogP contribution in [0.5, 0.6) is 0 Å². The molecule has 3 aromatic heterocycles. The van der Waals surface area contributed by atoms with Gasteiger partial charge in [0, 0.05) is 0 Å². The van der Waals surface area contributed by atoms with Crippen LogP contribution in [0.1, 0.15) is 11.3 Å². The lowest BCUT2D eigenvalue weighted by molar-refractivity contribution is 0.518. The van der Waals surface area contributed by atoms with Crippen molar-refractivity contribution in [3.05, 3.63) is 66.5 Å². The van der Waals surface area contributed by atoms with Gasteiger partial charge in [0.05, 0.1) is 30.1 Å². The highest BCUT2D eigenvalue weighted by Crippen LogP contribution is 2.22. The average Bonchev–Trinajstić information content (AvgIpc) is 3.23. The number of aromatic nitrogens is 4. The van der Waals surface area contributed by atoms with E-state index in [9.17, 15) is 0 Å². The molecule has 0 fully saturated rings. The number of nitrogens with zero attached hydrogens (tertiary/aromatic N) is 4. The van der Waals surface area contributed by atoms with Crippen molar-refractivity contribution in [3.63, 3.8) is 0 Å². The minimum Gasteiger partial charge on any atom is -0.467 e. The quantitative estimate of drug-likeness (QED) is 0.626. The molecule has 4 rings (SSSR count). The minimum atomic E-state index is 0.564. The van der Waals surface area contributed by atoms with Crippen LogP contribution in [0.3, 0.4) is 0 Å². The summed E-state index contributed by atoms with van der Waals surface area (Å²) in [6.45, 7) is 2.62. The van der Waals surface area contributed by atoms with Crippen LogP contribution < -0.4 is 5.32 Å². The van der Waals surface area contributed by atoms with Gasteiger partial charge in [-0.25, -0.2) is 14.6 Å². The predicted octanol–water partition coefficient (Wildman–Crippen LogP) is 3.33. The highest BCUT2D eigenvalue weighted by atomic mass is 16.3. The Hall–Kier alpha value is -3.15. The first-order valence-corrected chi connectivity index (χ1v) is 7.33. The summed E-state index contributed by atoms with van der Waals surface area (Å²) >= 11 is 0. The van der Waals surface area contributed by atoms with E-state index in [1.807, 2.05) is 28.9 Å². The maximum Gasteiger partial charge on any atom is 0.168 e. The van der Waals surface area contributed by atoms with Gasteiger partial charge in [-0.3, -0.25) is 0 Å². The lowest BCUT2D eigenvalue weighted by Crippen LogP contribution is -2.02. The maximum atomic E-state index is 5.33. The maximum absolute atomic E-state index is 5.33. The zero-order chi connectivity index (χ0) is 15.6. The number of nitrogens with one attached hydrogen (secondary N) is 1. The van der Waals surface area contributed by atoms with Gasteiger partial charge in [-0.05, 0) is 31.2 Å². The third-order valence-corrected chi connectivity index (χ3v) is 3.65. The summed E-state index contributed by atoms with van der Waals surface area (Å²) in [5.74, 6) is 1.59. The lowest BCUT2D eigenvalue weighted by atomic mass is 10.2. The Balaban J connectivity index is 1.70. The zero-order valence-corrected chi connectivity index (χ0v) is 12.6. The number of aryl methyl sites for hydroxylation is 1. The number of hydrogen-bond donors (Lipinski definition) is 1. The molecule has 0 unspecified atom stereocenters. The van der Waals surface area contributed by atoms with Crippen LogP contribution in [0.4, 0.5) is 5.82 Å². The van der Waals surface area contributed by atoms with Gasteiger partial charge in [0.2, 0.25) is 0 Å². The number of anilines is 1. The van der Waals surface area contributed by atoms with E-state index in [1.165, 1.54) is 5.56 Å². The molecule has 23 heavy (non-hydrogen) atoms. The number of rotatable bonds is 4. The van der Waals surface area contributed by atoms with E-state index in [4.69, 9.17) is 4.42 Å². The second kappa shape index (κ2) is 5.57. The molecule has 0 spiro atoms. The molecule has 4 aromatic rings. The van der Waals surface area contributed by atoms with E-state index in [1.54, 1.807) is 18.8 Å². The molecule has 6 heteroatoms. The lowest BCUT2D eigenvalue weighted by Gasteiger charge is -2.06. The second-order valence-corrected chi connectivity index (χ2v) is 5.28. The number of hydrogen-bond acceptors (Lipinski definition) is 5. The van der Waals surface area contributed by atoms with Crippen molar-refractivity contribution in [2.45, 2.75) is 13.5 Å². The fraction of sp³-hybridized carbons (Fsp3) is 0.118. The molecule has 0 atom stereocenters. The van der Waals surface area contributed by atoms with E-state index in [0.717, 1.165) is 28.3 Å². The van der Waals surface area contributed by atoms with Crippen molar-refractivity contribution in [2.24, 2.45) is 0 Å². The molecule has 0 radical (unpaired) electrons. The van der Waals surface area contributed by atoms with Crippen LogP contribution in [0, 0.1) is 6.92 Å². The van der Waals surface area contributed by atoms with Gasteiger partial charge < -0.3 is 9.73 Å². The Morgan fingerprint density at radius 1 is 1.13 bits per heavy atom. The Labute approximate surface area is 132 Å². The van der Waals surface area contributed by atoms with Crippen LogP contribution in [-0.2, 0) is 6.54 Å². The summed E-state index contributed by atoms with van der Waals surface area (Å²) in [6.07, 6.45) is 4.97. The molecule has 6 nitrogen and oxygen atoms in total. The van der Waals surface area contributed by atoms with E-state index < -0.39 is 0 Å². The minimum absolute atomic E-state index is 0.564. The van der Waals surface area contributed by atoms with Gasteiger partial charge in [-0.1, -0.05) is 17.7 Å². The Kier molecular flexibility index (Phi) is 3.27. The molecule has 1 aromatic carbocycles. The van der Waals surface area contributed by atoms with E-state index in [0.29, 0.717) is 6.54 Å². The summed E-state index contributed by atoms with van der Waals surface area (Å²) in [6, 6.07) is 11.9. The van der Waals surface area contributed by atoms with Crippen molar-refractivity contribution in [2.75, 3.05) is 5.32 Å². The number of furan rings is 1. The highest BCUT2D eigenvalue weighted by molar-refractivity contribution is 5.87. The Morgan fingerprint density at radius 2 is 2.00 bits per heavy atom. The standard InChI is InChI=1S/C17H15N5O/c1-12-4-6-13(7-5-12)22-17-15(10-21-22)16(19-11-20-17)18-9-14-3-2-8-23-14/h2-8,10-11H,9H2,1H3,(H,18,19,20). The van der Waals surface area contributed by atoms with Gasteiger partial charge in [0.1, 0.15) is 17.9 Å². The first-order chi connectivity index (χ1) is 11.3. The van der Waals surface area contributed by atoms with Crippen molar-refractivity contribution >= 4 is 16.9 Å². The van der Waals surface area contributed by atoms with Crippen molar-refractivity contribution < 1.29 is 4.42 Å². The zero-order valence-electron chi connectivity index (χ0n) is 12.6. The summed E-state index contributed by atoms with van der Waals surface area (Å²) in [5.41, 5.74) is 2.95.